The van der Waals surface area contributed by atoms with Gasteiger partial charge < -0.3 is 13.7 Å². The molecule has 9 aromatic carbocycles. The lowest BCUT2D eigenvalue weighted by atomic mass is 9.67. The predicted octanol–water partition coefficient (Wildman–Crippen LogP) is 16.1. The summed E-state index contributed by atoms with van der Waals surface area (Å²) >= 11 is 1.87. The Hall–Kier alpha value is -7.27. The van der Waals surface area contributed by atoms with Crippen molar-refractivity contribution in [3.8, 4) is 22.3 Å². The van der Waals surface area contributed by atoms with E-state index >= 15 is 0 Å². The van der Waals surface area contributed by atoms with E-state index in [0.29, 0.717) is 0 Å². The lowest BCUT2D eigenvalue weighted by Gasteiger charge is -2.39. The third-order valence-electron chi connectivity index (χ3n) is 14.1. The van der Waals surface area contributed by atoms with E-state index < -0.39 is 5.41 Å². The SMILES string of the molecule is CC1(C)c2ccccc2-c2ccc(N(c3ccc4c(c3)oc3ccccc34)c3cccc4oc5cc6c(cc5c34)-c3ccccc3C63c4ccccc4Sc4ccccc43)cc21. The number of hydrogen-bond acceptors (Lipinski definition) is 4. The minimum Gasteiger partial charge on any atom is -0.456 e. The first-order valence-corrected chi connectivity index (χ1v) is 22.2. The fourth-order valence-corrected chi connectivity index (χ4v) is 12.6. The smallest absolute Gasteiger partial charge is 0.137 e. The minimum atomic E-state index is -0.483. The highest BCUT2D eigenvalue weighted by Gasteiger charge is 2.50. The Kier molecular flexibility index (Phi) is 6.77. The van der Waals surface area contributed by atoms with Gasteiger partial charge in [0.1, 0.15) is 22.3 Å². The number of hydrogen-bond donors (Lipinski definition) is 0. The summed E-state index contributed by atoms with van der Waals surface area (Å²) < 4.78 is 13.6. The molecule has 62 heavy (non-hydrogen) atoms. The highest BCUT2D eigenvalue weighted by molar-refractivity contribution is 7.99. The van der Waals surface area contributed by atoms with Crippen LogP contribution in [0.4, 0.5) is 17.1 Å². The van der Waals surface area contributed by atoms with Gasteiger partial charge in [0.15, 0.2) is 0 Å². The maximum absolute atomic E-state index is 7.06. The van der Waals surface area contributed by atoms with Gasteiger partial charge in [-0.2, -0.15) is 0 Å². The molecule has 0 bridgehead atoms. The van der Waals surface area contributed by atoms with E-state index in [-0.39, 0.29) is 5.41 Å². The van der Waals surface area contributed by atoms with Crippen molar-refractivity contribution < 1.29 is 8.83 Å². The van der Waals surface area contributed by atoms with E-state index in [1.807, 2.05) is 17.8 Å². The van der Waals surface area contributed by atoms with Gasteiger partial charge in [0.05, 0.1) is 16.5 Å². The zero-order chi connectivity index (χ0) is 40.9. The second-order valence-electron chi connectivity index (χ2n) is 17.6. The van der Waals surface area contributed by atoms with Crippen molar-refractivity contribution in [2.75, 3.05) is 4.90 Å². The molecule has 3 nitrogen and oxygen atoms in total. The Balaban J connectivity index is 1.04. The maximum atomic E-state index is 7.06. The van der Waals surface area contributed by atoms with Crippen LogP contribution in [-0.4, -0.2) is 0 Å². The Morgan fingerprint density at radius 1 is 0.387 bits per heavy atom. The van der Waals surface area contributed by atoms with Crippen molar-refractivity contribution in [3.05, 3.63) is 221 Å². The molecule has 3 heterocycles. The fraction of sp³-hybridized carbons (Fsp3) is 0.0690. The first-order chi connectivity index (χ1) is 30.5. The van der Waals surface area contributed by atoms with E-state index in [4.69, 9.17) is 8.83 Å². The Morgan fingerprint density at radius 2 is 0.968 bits per heavy atom. The van der Waals surface area contributed by atoms with Crippen molar-refractivity contribution in [2.24, 2.45) is 0 Å². The molecule has 0 atom stereocenters. The van der Waals surface area contributed by atoms with Gasteiger partial charge in [-0.15, -0.1) is 0 Å². The number of anilines is 3. The number of rotatable bonds is 3. The lowest BCUT2D eigenvalue weighted by Crippen LogP contribution is -2.31. The number of benzene rings is 9. The fourth-order valence-electron chi connectivity index (χ4n) is 11.4. The van der Waals surface area contributed by atoms with Gasteiger partial charge >= 0.3 is 0 Å². The van der Waals surface area contributed by atoms with Crippen LogP contribution >= 0.6 is 11.8 Å². The van der Waals surface area contributed by atoms with Crippen molar-refractivity contribution in [1.29, 1.82) is 0 Å². The van der Waals surface area contributed by atoms with Crippen LogP contribution in [0.3, 0.4) is 0 Å². The summed E-state index contributed by atoms with van der Waals surface area (Å²) in [6.07, 6.45) is 0. The molecule has 292 valence electrons. The average molecular weight is 812 g/mol. The number of nitrogens with zero attached hydrogens (tertiary/aromatic N) is 1. The maximum Gasteiger partial charge on any atom is 0.137 e. The molecule has 2 aliphatic carbocycles. The molecule has 2 aromatic heterocycles. The van der Waals surface area contributed by atoms with Gasteiger partial charge in [-0.25, -0.2) is 0 Å². The molecule has 0 unspecified atom stereocenters. The summed E-state index contributed by atoms with van der Waals surface area (Å²) in [6, 6.07) is 69.1. The highest BCUT2D eigenvalue weighted by Crippen LogP contribution is 2.63. The summed E-state index contributed by atoms with van der Waals surface area (Å²) in [5, 5.41) is 4.40. The van der Waals surface area contributed by atoms with Gasteiger partial charge in [0.25, 0.3) is 0 Å². The largest absolute Gasteiger partial charge is 0.456 e. The topological polar surface area (TPSA) is 29.5 Å². The first kappa shape index (κ1) is 34.4. The zero-order valence-corrected chi connectivity index (χ0v) is 34.9. The van der Waals surface area contributed by atoms with Crippen LogP contribution in [0.2, 0.25) is 0 Å². The van der Waals surface area contributed by atoms with Gasteiger partial charge in [-0.05, 0) is 122 Å². The number of fused-ring (bicyclic) bond motifs is 18. The lowest BCUT2D eigenvalue weighted by molar-refractivity contribution is 0.660. The van der Waals surface area contributed by atoms with Gasteiger partial charge in [-0.3, -0.25) is 0 Å². The zero-order valence-electron chi connectivity index (χ0n) is 34.1. The Labute approximate surface area is 362 Å². The van der Waals surface area contributed by atoms with E-state index in [2.05, 4.69) is 201 Å². The molecular formula is C58H37NO2S. The van der Waals surface area contributed by atoms with E-state index in [9.17, 15) is 0 Å². The molecule has 0 fully saturated rings. The molecule has 0 saturated heterocycles. The Morgan fingerprint density at radius 3 is 1.77 bits per heavy atom. The molecule has 14 rings (SSSR count). The molecule has 11 aromatic rings. The summed E-state index contributed by atoms with van der Waals surface area (Å²) in [5.74, 6) is 0. The molecular weight excluding hydrogens is 775 g/mol. The van der Waals surface area contributed by atoms with Crippen LogP contribution < -0.4 is 4.90 Å². The summed E-state index contributed by atoms with van der Waals surface area (Å²) in [6.45, 7) is 4.70. The molecule has 1 spiro atoms. The van der Waals surface area contributed by atoms with Crippen LogP contribution in [0.25, 0.3) is 66.1 Å². The molecule has 0 saturated carbocycles. The summed E-state index contributed by atoms with van der Waals surface area (Å²) in [7, 11) is 0. The monoisotopic (exact) mass is 811 g/mol. The van der Waals surface area contributed by atoms with E-state index in [1.54, 1.807) is 0 Å². The van der Waals surface area contributed by atoms with E-state index in [1.165, 1.54) is 65.4 Å². The van der Waals surface area contributed by atoms with Crippen molar-refractivity contribution in [2.45, 2.75) is 34.5 Å². The molecule has 0 amide bonds. The molecule has 0 N–H and O–H groups in total. The average Bonchev–Trinajstić information content (AvgIpc) is 4.02. The minimum absolute atomic E-state index is 0.163. The van der Waals surface area contributed by atoms with Crippen molar-refractivity contribution >= 4 is 72.7 Å². The highest BCUT2D eigenvalue weighted by atomic mass is 32.2. The van der Waals surface area contributed by atoms with Gasteiger partial charge in [0, 0.05) is 48.8 Å². The number of furan rings is 2. The van der Waals surface area contributed by atoms with Crippen molar-refractivity contribution in [1.82, 2.24) is 0 Å². The predicted molar refractivity (Wildman–Crippen MR) is 255 cm³/mol. The summed E-state index contributed by atoms with van der Waals surface area (Å²) in [5.41, 5.74) is 19.0. The van der Waals surface area contributed by atoms with Gasteiger partial charge in [0.2, 0.25) is 0 Å². The van der Waals surface area contributed by atoms with E-state index in [0.717, 1.165) is 60.9 Å². The molecule has 4 heteroatoms. The molecule has 3 aliphatic rings. The quantitative estimate of drug-likeness (QED) is 0.178. The van der Waals surface area contributed by atoms with Crippen LogP contribution in [0.1, 0.15) is 47.2 Å². The second-order valence-corrected chi connectivity index (χ2v) is 18.6. The molecule has 1 aliphatic heterocycles. The molecule has 0 radical (unpaired) electrons. The van der Waals surface area contributed by atoms with Crippen LogP contribution in [0.5, 0.6) is 0 Å². The normalized spacial score (nSPS) is 14.8. The van der Waals surface area contributed by atoms with Crippen LogP contribution in [-0.2, 0) is 10.8 Å². The third-order valence-corrected chi connectivity index (χ3v) is 15.3. The second kappa shape index (κ2) is 12.2. The van der Waals surface area contributed by atoms with Crippen molar-refractivity contribution in [3.63, 3.8) is 0 Å². The van der Waals surface area contributed by atoms with Crippen LogP contribution in [0.15, 0.2) is 207 Å². The standard InChI is InChI=1S/C58H37NO2S/c1-57(2)43-17-6-3-14-36(43)38-28-26-34(30-47(38)57)59(35-27-29-40-39-16-5-10-22-50(39)60-52(40)31-35)49-21-13-23-51-56(49)42-32-41-37-15-4-7-18-44(37)58(48(41)33-53(42)61-51)45-19-8-11-24-54(45)62-55-25-12-9-20-46(55)58/h3-33H,1-2H3. The van der Waals surface area contributed by atoms with Gasteiger partial charge in [-0.1, -0.05) is 141 Å². The number of para-hydroxylation sites is 1. The first-order valence-electron chi connectivity index (χ1n) is 21.4. The Bertz CT molecular complexity index is 3690. The summed E-state index contributed by atoms with van der Waals surface area (Å²) in [4.78, 5) is 4.99. The third kappa shape index (κ3) is 4.37. The van der Waals surface area contributed by atoms with Crippen LogP contribution in [0, 0.1) is 0 Å².